The largest absolute Gasteiger partial charge is 0.481 e. The maximum absolute atomic E-state index is 12.9. The first-order valence-electron chi connectivity index (χ1n) is 10.2. The number of imidazole rings is 1. The van der Waals surface area contributed by atoms with E-state index in [-0.39, 0.29) is 29.0 Å². The minimum atomic E-state index is -0.707. The van der Waals surface area contributed by atoms with Crippen molar-refractivity contribution in [2.75, 3.05) is 13.1 Å². The number of fused-ring (bicyclic) bond motifs is 1. The van der Waals surface area contributed by atoms with Crippen LogP contribution < -0.4 is 5.69 Å². The molecule has 1 aromatic heterocycles. The maximum atomic E-state index is 12.9. The van der Waals surface area contributed by atoms with E-state index in [4.69, 9.17) is 0 Å². The molecule has 0 bridgehead atoms. The van der Waals surface area contributed by atoms with Gasteiger partial charge in [0.2, 0.25) is 0 Å². The third kappa shape index (κ3) is 2.67. The fourth-order valence-electron chi connectivity index (χ4n) is 5.38. The van der Waals surface area contributed by atoms with Crippen LogP contribution in [0.3, 0.4) is 0 Å². The number of nitrogens with one attached hydrogen (secondary N) is 1. The Morgan fingerprint density at radius 1 is 1.14 bits per heavy atom. The number of H-pyrrole nitrogens is 1. The number of aromatic nitrogens is 2. The Kier molecular flexibility index (Phi) is 3.89. The van der Waals surface area contributed by atoms with E-state index in [0.29, 0.717) is 24.2 Å². The molecule has 1 atom stereocenters. The van der Waals surface area contributed by atoms with Crippen molar-refractivity contribution in [2.24, 2.45) is 11.3 Å². The van der Waals surface area contributed by atoms with E-state index in [0.717, 1.165) is 50.5 Å². The standard InChI is InChI=1S/C21H25N3O4/c25-18(23-9-7-21(8-10-23)12-15(21)19(26)27)13-5-6-17-16(11-13)22-20(28)24(17)14-3-1-2-4-14/h5-6,11,14-15H,1-4,7-10,12H2,(H,22,28)(H,26,27). The fraction of sp³-hybridized carbons (Fsp3) is 0.571. The van der Waals surface area contributed by atoms with Gasteiger partial charge in [0, 0.05) is 24.7 Å². The van der Waals surface area contributed by atoms with Crippen molar-refractivity contribution in [1.82, 2.24) is 14.5 Å². The molecule has 1 saturated heterocycles. The zero-order valence-electron chi connectivity index (χ0n) is 15.8. The number of benzene rings is 1. The van der Waals surface area contributed by atoms with Crippen LogP contribution >= 0.6 is 0 Å². The number of amides is 1. The fourth-order valence-corrected chi connectivity index (χ4v) is 5.38. The average Bonchev–Trinajstić information content (AvgIpc) is 3.02. The molecule has 5 rings (SSSR count). The van der Waals surface area contributed by atoms with Gasteiger partial charge >= 0.3 is 11.7 Å². The molecule has 2 heterocycles. The van der Waals surface area contributed by atoms with Gasteiger partial charge in [-0.15, -0.1) is 0 Å². The lowest BCUT2D eigenvalue weighted by Gasteiger charge is -2.32. The number of likely N-dealkylation sites (tertiary alicyclic amines) is 1. The molecule has 1 aliphatic heterocycles. The molecule has 1 aromatic carbocycles. The molecule has 3 aliphatic rings. The summed E-state index contributed by atoms with van der Waals surface area (Å²) >= 11 is 0. The predicted molar refractivity (Wildman–Crippen MR) is 103 cm³/mol. The average molecular weight is 383 g/mol. The number of hydrogen-bond acceptors (Lipinski definition) is 3. The topological polar surface area (TPSA) is 95.4 Å². The van der Waals surface area contributed by atoms with E-state index in [1.165, 1.54) is 0 Å². The Balaban J connectivity index is 1.35. The molecule has 1 unspecified atom stereocenters. The second-order valence-electron chi connectivity index (χ2n) is 8.72. The number of aliphatic carboxylic acids is 1. The van der Waals surface area contributed by atoms with Crippen molar-refractivity contribution in [3.8, 4) is 0 Å². The van der Waals surface area contributed by atoms with Gasteiger partial charge in [-0.2, -0.15) is 0 Å². The number of hydrogen-bond donors (Lipinski definition) is 2. The van der Waals surface area contributed by atoms with E-state index < -0.39 is 5.97 Å². The minimum absolute atomic E-state index is 0.0428. The lowest BCUT2D eigenvalue weighted by atomic mass is 9.90. The summed E-state index contributed by atoms with van der Waals surface area (Å²) in [6, 6.07) is 5.73. The molecule has 1 spiro atoms. The molecule has 28 heavy (non-hydrogen) atoms. The number of piperidine rings is 1. The monoisotopic (exact) mass is 383 g/mol. The molecule has 2 saturated carbocycles. The summed E-state index contributed by atoms with van der Waals surface area (Å²) < 4.78 is 1.85. The van der Waals surface area contributed by atoms with Crippen LogP contribution in [0.4, 0.5) is 0 Å². The van der Waals surface area contributed by atoms with Gasteiger partial charge in [0.05, 0.1) is 17.0 Å². The normalized spacial score (nSPS) is 24.1. The van der Waals surface area contributed by atoms with E-state index in [2.05, 4.69) is 4.98 Å². The summed E-state index contributed by atoms with van der Waals surface area (Å²) in [5.74, 6) is -0.985. The lowest BCUT2D eigenvalue weighted by Crippen LogP contribution is -2.40. The number of carboxylic acids is 1. The van der Waals surface area contributed by atoms with E-state index in [9.17, 15) is 19.5 Å². The molecule has 0 radical (unpaired) electrons. The van der Waals surface area contributed by atoms with Gasteiger partial charge < -0.3 is 15.0 Å². The summed E-state index contributed by atoms with van der Waals surface area (Å²) in [5.41, 5.74) is 1.97. The van der Waals surface area contributed by atoms with Gasteiger partial charge in [0.1, 0.15) is 0 Å². The minimum Gasteiger partial charge on any atom is -0.481 e. The van der Waals surface area contributed by atoms with Crippen molar-refractivity contribution < 1.29 is 14.7 Å². The predicted octanol–water partition coefficient (Wildman–Crippen LogP) is 2.77. The van der Waals surface area contributed by atoms with Crippen LogP contribution in [0, 0.1) is 11.3 Å². The number of carboxylic acid groups (broad SMARTS) is 1. The van der Waals surface area contributed by atoms with Crippen molar-refractivity contribution >= 4 is 22.9 Å². The van der Waals surface area contributed by atoms with Crippen molar-refractivity contribution in [1.29, 1.82) is 0 Å². The van der Waals surface area contributed by atoms with Crippen LogP contribution in [0.15, 0.2) is 23.0 Å². The lowest BCUT2D eigenvalue weighted by molar-refractivity contribution is -0.139. The Morgan fingerprint density at radius 2 is 1.86 bits per heavy atom. The Bertz CT molecular complexity index is 1010. The summed E-state index contributed by atoms with van der Waals surface area (Å²) in [6.45, 7) is 1.19. The van der Waals surface area contributed by atoms with Crippen molar-refractivity contribution in [3.63, 3.8) is 0 Å². The first-order chi connectivity index (χ1) is 13.5. The summed E-state index contributed by atoms with van der Waals surface area (Å²) in [7, 11) is 0. The highest BCUT2D eigenvalue weighted by Gasteiger charge is 2.59. The second-order valence-corrected chi connectivity index (χ2v) is 8.72. The molecular formula is C21H25N3O4. The summed E-state index contributed by atoms with van der Waals surface area (Å²) in [6.07, 6.45) is 6.62. The highest BCUT2D eigenvalue weighted by Crippen LogP contribution is 2.59. The highest BCUT2D eigenvalue weighted by atomic mass is 16.4. The van der Waals surface area contributed by atoms with Crippen molar-refractivity contribution in [3.05, 3.63) is 34.2 Å². The number of carbonyl (C=O) groups excluding carboxylic acids is 1. The highest BCUT2D eigenvalue weighted by molar-refractivity contribution is 5.97. The zero-order chi connectivity index (χ0) is 19.5. The number of carbonyl (C=O) groups is 2. The van der Waals surface area contributed by atoms with E-state index in [1.54, 1.807) is 6.07 Å². The molecule has 3 fully saturated rings. The van der Waals surface area contributed by atoms with Gasteiger partial charge in [-0.05, 0) is 55.7 Å². The maximum Gasteiger partial charge on any atom is 0.326 e. The molecule has 2 N–H and O–H groups in total. The SMILES string of the molecule is O=C(O)C1CC12CCN(C(=O)c1ccc3c(c1)[nH]c(=O)n3C1CCCC1)CC2. The van der Waals surface area contributed by atoms with Crippen molar-refractivity contribution in [2.45, 2.75) is 51.0 Å². The molecule has 148 valence electrons. The quantitative estimate of drug-likeness (QED) is 0.852. The Morgan fingerprint density at radius 3 is 2.50 bits per heavy atom. The number of aromatic amines is 1. The van der Waals surface area contributed by atoms with Crippen LogP contribution in [0.2, 0.25) is 0 Å². The Labute approximate surface area is 162 Å². The molecule has 7 nitrogen and oxygen atoms in total. The van der Waals surface area contributed by atoms with Crippen LogP contribution in [0.1, 0.15) is 61.3 Å². The molecule has 1 amide bonds. The molecule has 7 heteroatoms. The van der Waals surface area contributed by atoms with Gasteiger partial charge in [-0.3, -0.25) is 14.2 Å². The number of rotatable bonds is 3. The Hall–Kier alpha value is -2.57. The molecule has 2 aliphatic carbocycles. The summed E-state index contributed by atoms with van der Waals surface area (Å²) in [5, 5.41) is 9.22. The first kappa shape index (κ1) is 17.5. The van der Waals surface area contributed by atoms with Crippen LogP contribution in [-0.4, -0.2) is 44.5 Å². The van der Waals surface area contributed by atoms with E-state index >= 15 is 0 Å². The molecule has 2 aromatic rings. The van der Waals surface area contributed by atoms with E-state index in [1.807, 2.05) is 21.6 Å². The summed E-state index contributed by atoms with van der Waals surface area (Å²) in [4.78, 5) is 41.3. The van der Waals surface area contributed by atoms with Gasteiger partial charge in [0.25, 0.3) is 5.91 Å². The van der Waals surface area contributed by atoms with Crippen LogP contribution in [0.25, 0.3) is 11.0 Å². The second kappa shape index (κ2) is 6.22. The van der Waals surface area contributed by atoms with Gasteiger partial charge in [-0.25, -0.2) is 4.79 Å². The third-order valence-corrected chi connectivity index (χ3v) is 7.19. The number of nitrogens with zero attached hydrogens (tertiary/aromatic N) is 2. The van der Waals surface area contributed by atoms with Gasteiger partial charge in [0.15, 0.2) is 0 Å². The zero-order valence-corrected chi connectivity index (χ0v) is 15.8. The molecular weight excluding hydrogens is 358 g/mol. The van der Waals surface area contributed by atoms with Gasteiger partial charge in [-0.1, -0.05) is 12.8 Å². The van der Waals surface area contributed by atoms with Crippen LogP contribution in [-0.2, 0) is 4.79 Å². The third-order valence-electron chi connectivity index (χ3n) is 7.19. The smallest absolute Gasteiger partial charge is 0.326 e. The van der Waals surface area contributed by atoms with Crippen LogP contribution in [0.5, 0.6) is 0 Å². The first-order valence-corrected chi connectivity index (χ1v) is 10.2.